The van der Waals surface area contributed by atoms with Crippen molar-refractivity contribution >= 4 is 17.5 Å². The van der Waals surface area contributed by atoms with E-state index in [2.05, 4.69) is 30.9 Å². The van der Waals surface area contributed by atoms with Gasteiger partial charge in [-0.3, -0.25) is 4.79 Å². The quantitative estimate of drug-likeness (QED) is 0.744. The highest BCUT2D eigenvalue weighted by molar-refractivity contribution is 6.29. The number of aromatic nitrogens is 5. The highest BCUT2D eigenvalue weighted by atomic mass is 35.5. The first-order chi connectivity index (χ1) is 7.75. The summed E-state index contributed by atoms with van der Waals surface area (Å²) in [6, 6.07) is 3.05. The first-order valence-electron chi connectivity index (χ1n) is 4.38. The fourth-order valence-corrected chi connectivity index (χ4v) is 1.24. The van der Waals surface area contributed by atoms with E-state index in [4.69, 9.17) is 11.6 Å². The number of halogens is 1. The van der Waals surface area contributed by atoms with Crippen molar-refractivity contribution < 1.29 is 4.79 Å². The molecule has 16 heavy (non-hydrogen) atoms. The van der Waals surface area contributed by atoms with Gasteiger partial charge in [-0.25, -0.2) is 4.98 Å². The van der Waals surface area contributed by atoms with Gasteiger partial charge in [-0.05, 0) is 12.1 Å². The maximum absolute atomic E-state index is 11.6. The molecule has 0 saturated heterocycles. The van der Waals surface area contributed by atoms with E-state index in [1.165, 1.54) is 12.3 Å². The van der Waals surface area contributed by atoms with Crippen molar-refractivity contribution in [2.24, 2.45) is 0 Å². The molecule has 2 aromatic heterocycles. The number of pyridine rings is 1. The van der Waals surface area contributed by atoms with Crippen molar-refractivity contribution in [3.8, 4) is 0 Å². The van der Waals surface area contributed by atoms with E-state index in [9.17, 15) is 4.79 Å². The van der Waals surface area contributed by atoms with Gasteiger partial charge in [0.2, 0.25) is 0 Å². The number of tetrazole rings is 1. The second-order valence-corrected chi connectivity index (χ2v) is 3.27. The summed E-state index contributed by atoms with van der Waals surface area (Å²) in [6.45, 7) is 0.204. The van der Waals surface area contributed by atoms with Crippen LogP contribution >= 0.6 is 11.6 Å². The molecule has 0 fully saturated rings. The Kier molecular flexibility index (Phi) is 3.06. The average Bonchev–Trinajstić information content (AvgIpc) is 2.78. The monoisotopic (exact) mass is 238 g/mol. The molecule has 0 aromatic carbocycles. The van der Waals surface area contributed by atoms with Crippen molar-refractivity contribution in [3.63, 3.8) is 0 Å². The lowest BCUT2D eigenvalue weighted by atomic mass is 10.2. The molecule has 8 heteroatoms. The van der Waals surface area contributed by atoms with Crippen molar-refractivity contribution in [1.29, 1.82) is 0 Å². The molecule has 0 aliphatic heterocycles. The van der Waals surface area contributed by atoms with E-state index >= 15 is 0 Å². The molecule has 0 atom stereocenters. The van der Waals surface area contributed by atoms with Crippen LogP contribution in [-0.2, 0) is 6.54 Å². The number of H-pyrrole nitrogens is 1. The highest BCUT2D eigenvalue weighted by Crippen LogP contribution is 2.06. The van der Waals surface area contributed by atoms with Crippen LogP contribution in [0.3, 0.4) is 0 Å². The molecule has 0 bridgehead atoms. The minimum atomic E-state index is -0.269. The first-order valence-corrected chi connectivity index (χ1v) is 4.75. The van der Waals surface area contributed by atoms with Gasteiger partial charge in [0, 0.05) is 11.8 Å². The summed E-state index contributed by atoms with van der Waals surface area (Å²) in [5, 5.41) is 15.9. The number of nitrogens with one attached hydrogen (secondary N) is 2. The summed E-state index contributed by atoms with van der Waals surface area (Å²) >= 11 is 5.66. The zero-order chi connectivity index (χ0) is 11.4. The molecule has 0 saturated carbocycles. The number of hydrogen-bond acceptors (Lipinski definition) is 5. The van der Waals surface area contributed by atoms with Crippen molar-refractivity contribution in [1.82, 2.24) is 30.9 Å². The number of amides is 1. The van der Waals surface area contributed by atoms with Gasteiger partial charge in [-0.1, -0.05) is 16.8 Å². The first kappa shape index (κ1) is 10.5. The van der Waals surface area contributed by atoms with Gasteiger partial charge in [-0.2, -0.15) is 5.21 Å². The lowest BCUT2D eigenvalue weighted by Crippen LogP contribution is -2.23. The van der Waals surface area contributed by atoms with E-state index < -0.39 is 0 Å². The van der Waals surface area contributed by atoms with Crippen LogP contribution in [0.5, 0.6) is 0 Å². The normalized spacial score (nSPS) is 10.1. The van der Waals surface area contributed by atoms with E-state index in [0.29, 0.717) is 11.4 Å². The number of rotatable bonds is 3. The molecule has 0 spiro atoms. The maximum Gasteiger partial charge on any atom is 0.251 e. The van der Waals surface area contributed by atoms with Crippen LogP contribution in [0, 0.1) is 0 Å². The molecule has 82 valence electrons. The van der Waals surface area contributed by atoms with Crippen molar-refractivity contribution in [2.75, 3.05) is 0 Å². The van der Waals surface area contributed by atoms with Crippen molar-refractivity contribution in [3.05, 3.63) is 34.9 Å². The summed E-state index contributed by atoms with van der Waals surface area (Å²) in [4.78, 5) is 15.4. The van der Waals surface area contributed by atoms with E-state index in [0.717, 1.165) is 0 Å². The van der Waals surface area contributed by atoms with E-state index in [1.807, 2.05) is 0 Å². The van der Waals surface area contributed by atoms with Gasteiger partial charge in [0.25, 0.3) is 5.91 Å². The Morgan fingerprint density at radius 1 is 1.56 bits per heavy atom. The fraction of sp³-hybridized carbons (Fsp3) is 0.125. The average molecular weight is 239 g/mol. The molecule has 0 aliphatic carbocycles. The molecule has 1 amide bonds. The summed E-state index contributed by atoms with van der Waals surface area (Å²) < 4.78 is 0. The zero-order valence-corrected chi connectivity index (χ0v) is 8.77. The number of aromatic amines is 1. The minimum Gasteiger partial charge on any atom is -0.345 e. The third kappa shape index (κ3) is 2.51. The van der Waals surface area contributed by atoms with Gasteiger partial charge < -0.3 is 5.32 Å². The Balaban J connectivity index is 1.98. The SMILES string of the molecule is O=C(NCc1nn[nH]n1)c1ccnc(Cl)c1. The van der Waals surface area contributed by atoms with Crippen LogP contribution < -0.4 is 5.32 Å². The van der Waals surface area contributed by atoms with Crippen LogP contribution in [0.15, 0.2) is 18.3 Å². The van der Waals surface area contributed by atoms with Gasteiger partial charge in [-0.15, -0.1) is 10.2 Å². The third-order valence-corrected chi connectivity index (χ3v) is 1.99. The molecule has 2 aromatic rings. The molecular formula is C8H7ClN6O. The predicted molar refractivity (Wildman–Crippen MR) is 54.6 cm³/mol. The van der Waals surface area contributed by atoms with Crippen LogP contribution in [0.25, 0.3) is 0 Å². The van der Waals surface area contributed by atoms with Gasteiger partial charge >= 0.3 is 0 Å². The maximum atomic E-state index is 11.6. The summed E-state index contributed by atoms with van der Waals surface area (Å²) in [5.41, 5.74) is 0.434. The highest BCUT2D eigenvalue weighted by Gasteiger charge is 2.07. The summed E-state index contributed by atoms with van der Waals surface area (Å²) in [7, 11) is 0. The smallest absolute Gasteiger partial charge is 0.251 e. The Morgan fingerprint density at radius 3 is 3.12 bits per heavy atom. The molecule has 2 N–H and O–H groups in total. The molecule has 0 aliphatic rings. The van der Waals surface area contributed by atoms with E-state index in [1.54, 1.807) is 6.07 Å². The van der Waals surface area contributed by atoms with Crippen LogP contribution in [0.2, 0.25) is 5.15 Å². The Labute approximate surface area is 95.2 Å². The second-order valence-electron chi connectivity index (χ2n) is 2.88. The largest absolute Gasteiger partial charge is 0.345 e. The summed E-state index contributed by atoms with van der Waals surface area (Å²) in [5.74, 6) is 0.141. The number of nitrogens with zero attached hydrogens (tertiary/aromatic N) is 4. The fourth-order valence-electron chi connectivity index (χ4n) is 1.06. The topological polar surface area (TPSA) is 96.5 Å². The number of hydrogen-bond donors (Lipinski definition) is 2. The Morgan fingerprint density at radius 2 is 2.44 bits per heavy atom. The van der Waals surface area contributed by atoms with E-state index in [-0.39, 0.29) is 17.6 Å². The minimum absolute atomic E-state index is 0.204. The molecule has 2 heterocycles. The lowest BCUT2D eigenvalue weighted by Gasteiger charge is -2.01. The molecular weight excluding hydrogens is 232 g/mol. The molecule has 2 rings (SSSR count). The molecule has 0 unspecified atom stereocenters. The lowest BCUT2D eigenvalue weighted by molar-refractivity contribution is 0.0950. The zero-order valence-electron chi connectivity index (χ0n) is 8.01. The Hall–Kier alpha value is -2.02. The van der Waals surface area contributed by atoms with Crippen LogP contribution in [0.4, 0.5) is 0 Å². The number of carbonyl (C=O) groups excluding carboxylic acids is 1. The van der Waals surface area contributed by atoms with Crippen LogP contribution in [0.1, 0.15) is 16.2 Å². The van der Waals surface area contributed by atoms with Crippen molar-refractivity contribution in [2.45, 2.75) is 6.54 Å². The Bertz CT molecular complexity index is 485. The predicted octanol–water partition coefficient (Wildman–Crippen LogP) is 0.178. The third-order valence-electron chi connectivity index (χ3n) is 1.79. The number of carbonyl (C=O) groups is 1. The second kappa shape index (κ2) is 4.67. The van der Waals surface area contributed by atoms with Gasteiger partial charge in [0.15, 0.2) is 5.82 Å². The molecule has 7 nitrogen and oxygen atoms in total. The summed E-state index contributed by atoms with van der Waals surface area (Å²) in [6.07, 6.45) is 1.46. The van der Waals surface area contributed by atoms with Gasteiger partial charge in [0.1, 0.15) is 5.15 Å². The van der Waals surface area contributed by atoms with Gasteiger partial charge in [0.05, 0.1) is 6.54 Å². The molecule has 0 radical (unpaired) electrons. The van der Waals surface area contributed by atoms with Crippen LogP contribution in [-0.4, -0.2) is 31.5 Å². The standard InChI is InChI=1S/C8H7ClN6O/c9-6-3-5(1-2-10-6)8(16)11-4-7-12-14-15-13-7/h1-3H,4H2,(H,11,16)(H,12,13,14,15).